The van der Waals surface area contributed by atoms with Gasteiger partial charge in [-0.25, -0.2) is 5.11 Å². The van der Waals surface area contributed by atoms with Crippen LogP contribution in [0.1, 0.15) is 78.1 Å². The van der Waals surface area contributed by atoms with Crippen molar-refractivity contribution in [2.24, 2.45) is 5.92 Å². The Labute approximate surface area is 96.3 Å². The molecule has 1 radical (unpaired) electrons. The number of rotatable bonds is 11. The van der Waals surface area contributed by atoms with E-state index < -0.39 is 0 Å². The topological polar surface area (TPSA) is 19.9 Å². The lowest BCUT2D eigenvalue weighted by Gasteiger charge is -2.08. The molecular weight excluding hydrogens is 184 g/mol. The second-order valence-corrected chi connectivity index (χ2v) is 4.86. The molecule has 0 N–H and O–H groups in total. The molecule has 0 saturated carbocycles. The summed E-state index contributed by atoms with van der Waals surface area (Å²) in [6.07, 6.45) is 13.2. The largest absolute Gasteiger partial charge is 0.237 e. The van der Waals surface area contributed by atoms with Crippen LogP contribution in [0.2, 0.25) is 0 Å². The van der Waals surface area contributed by atoms with E-state index in [1.54, 1.807) is 0 Å². The first kappa shape index (κ1) is 15.0. The van der Waals surface area contributed by atoms with Crippen LogP contribution in [-0.4, -0.2) is 6.61 Å². The van der Waals surface area contributed by atoms with Crippen molar-refractivity contribution in [2.45, 2.75) is 78.1 Å². The van der Waals surface area contributed by atoms with E-state index in [4.69, 9.17) is 0 Å². The highest BCUT2D eigenvalue weighted by Crippen LogP contribution is 2.14. The Kier molecular flexibility index (Phi) is 12.0. The Bertz CT molecular complexity index is 112. The maximum absolute atomic E-state index is 10.4. The Morgan fingerprint density at radius 3 is 1.87 bits per heavy atom. The van der Waals surface area contributed by atoms with Gasteiger partial charge in [0, 0.05) is 0 Å². The van der Waals surface area contributed by atoms with Crippen molar-refractivity contribution >= 4 is 0 Å². The van der Waals surface area contributed by atoms with Crippen molar-refractivity contribution in [1.82, 2.24) is 0 Å². The number of hydrogen-bond donors (Lipinski definition) is 0. The molecule has 15 heavy (non-hydrogen) atoms. The molecular formula is C14H29O. The summed E-state index contributed by atoms with van der Waals surface area (Å²) < 4.78 is 0. The van der Waals surface area contributed by atoms with E-state index in [2.05, 4.69) is 13.8 Å². The van der Waals surface area contributed by atoms with Crippen LogP contribution in [0.5, 0.6) is 0 Å². The van der Waals surface area contributed by atoms with Crippen LogP contribution in [0.25, 0.3) is 0 Å². The van der Waals surface area contributed by atoms with Crippen molar-refractivity contribution < 1.29 is 5.11 Å². The van der Waals surface area contributed by atoms with Crippen molar-refractivity contribution in [2.75, 3.05) is 6.61 Å². The van der Waals surface area contributed by atoms with Gasteiger partial charge in [-0.2, -0.15) is 0 Å². The Morgan fingerprint density at radius 2 is 1.33 bits per heavy atom. The third kappa shape index (κ3) is 11.9. The maximum Gasteiger partial charge on any atom is 0.0824 e. The van der Waals surface area contributed by atoms with Gasteiger partial charge in [0.05, 0.1) is 6.61 Å². The zero-order chi connectivity index (χ0) is 11.4. The molecule has 0 aliphatic heterocycles. The van der Waals surface area contributed by atoms with Gasteiger partial charge in [-0.15, -0.1) is 0 Å². The van der Waals surface area contributed by atoms with Crippen LogP contribution >= 0.6 is 0 Å². The van der Waals surface area contributed by atoms with Crippen LogP contribution in [0.3, 0.4) is 0 Å². The quantitative estimate of drug-likeness (QED) is 0.432. The summed E-state index contributed by atoms with van der Waals surface area (Å²) in [5, 5.41) is 10.4. The Hall–Kier alpha value is -0.0400. The zero-order valence-corrected chi connectivity index (χ0v) is 10.8. The second-order valence-electron chi connectivity index (χ2n) is 4.86. The van der Waals surface area contributed by atoms with Crippen LogP contribution in [-0.2, 0) is 5.11 Å². The Morgan fingerprint density at radius 1 is 0.800 bits per heavy atom. The molecule has 0 amide bonds. The van der Waals surface area contributed by atoms with Gasteiger partial charge in [-0.1, -0.05) is 71.6 Å². The molecule has 0 fully saturated rings. The molecule has 0 aromatic rings. The molecule has 0 aliphatic rings. The first-order chi connectivity index (χ1) is 7.31. The van der Waals surface area contributed by atoms with E-state index in [0.717, 1.165) is 6.42 Å². The molecule has 0 spiro atoms. The van der Waals surface area contributed by atoms with Gasteiger partial charge in [0.25, 0.3) is 0 Å². The number of hydrogen-bond acceptors (Lipinski definition) is 0. The summed E-state index contributed by atoms with van der Waals surface area (Å²) in [4.78, 5) is 0. The highest BCUT2D eigenvalue weighted by atomic mass is 16.3. The minimum absolute atomic E-state index is 0.109. The van der Waals surface area contributed by atoms with Crippen LogP contribution in [0.15, 0.2) is 0 Å². The first-order valence-electron chi connectivity index (χ1n) is 6.89. The normalized spacial score (nSPS) is 13.0. The molecule has 0 aromatic heterocycles. The van der Waals surface area contributed by atoms with Crippen molar-refractivity contribution in [3.05, 3.63) is 0 Å². The fourth-order valence-electron chi connectivity index (χ4n) is 1.97. The van der Waals surface area contributed by atoms with Gasteiger partial charge in [-0.3, -0.25) is 0 Å². The first-order valence-corrected chi connectivity index (χ1v) is 6.89. The summed E-state index contributed by atoms with van der Waals surface area (Å²) in [7, 11) is 0. The van der Waals surface area contributed by atoms with E-state index >= 15 is 0 Å². The monoisotopic (exact) mass is 213 g/mol. The van der Waals surface area contributed by atoms with E-state index in [9.17, 15) is 5.11 Å². The third-order valence-electron chi connectivity index (χ3n) is 3.16. The molecule has 1 unspecified atom stereocenters. The molecule has 1 atom stereocenters. The minimum atomic E-state index is 0.109. The lowest BCUT2D eigenvalue weighted by Crippen LogP contribution is -1.97. The predicted octanol–water partition coefficient (Wildman–Crippen LogP) is 4.97. The molecule has 1 nitrogen and oxygen atoms in total. The standard InChI is InChI=1S/C14H29O/c1-3-4-5-6-7-8-9-10-11-14(2)12-13-15/h14H,3-13H2,1-2H3. The number of unbranched alkanes of at least 4 members (excludes halogenated alkanes) is 7. The average molecular weight is 213 g/mol. The molecule has 0 aliphatic carbocycles. The lowest BCUT2D eigenvalue weighted by molar-refractivity contribution is 0.170. The van der Waals surface area contributed by atoms with Crippen molar-refractivity contribution in [3.8, 4) is 0 Å². The molecule has 0 saturated heterocycles. The van der Waals surface area contributed by atoms with Gasteiger partial charge < -0.3 is 0 Å². The van der Waals surface area contributed by atoms with Crippen LogP contribution in [0, 0.1) is 5.92 Å². The van der Waals surface area contributed by atoms with Gasteiger partial charge in [0.1, 0.15) is 0 Å². The van der Waals surface area contributed by atoms with Crippen LogP contribution < -0.4 is 0 Å². The smallest absolute Gasteiger partial charge is 0.0824 e. The van der Waals surface area contributed by atoms with E-state index in [1.807, 2.05) is 0 Å². The zero-order valence-electron chi connectivity index (χ0n) is 10.8. The van der Waals surface area contributed by atoms with Crippen molar-refractivity contribution in [3.63, 3.8) is 0 Å². The van der Waals surface area contributed by atoms with E-state index in [0.29, 0.717) is 5.92 Å². The predicted molar refractivity (Wildman–Crippen MR) is 66.6 cm³/mol. The summed E-state index contributed by atoms with van der Waals surface area (Å²) in [6.45, 7) is 4.58. The highest BCUT2D eigenvalue weighted by molar-refractivity contribution is 4.53. The Balaban J connectivity index is 2.98. The van der Waals surface area contributed by atoms with Gasteiger partial charge in [0.15, 0.2) is 0 Å². The summed E-state index contributed by atoms with van der Waals surface area (Å²) in [5.41, 5.74) is 0. The van der Waals surface area contributed by atoms with Gasteiger partial charge in [0.2, 0.25) is 0 Å². The van der Waals surface area contributed by atoms with E-state index in [1.165, 1.54) is 57.8 Å². The van der Waals surface area contributed by atoms with Gasteiger partial charge in [-0.05, 0) is 12.3 Å². The molecule has 0 aromatic carbocycles. The van der Waals surface area contributed by atoms with Crippen molar-refractivity contribution in [1.29, 1.82) is 0 Å². The minimum Gasteiger partial charge on any atom is -0.237 e. The van der Waals surface area contributed by atoms with Gasteiger partial charge >= 0.3 is 0 Å². The fourth-order valence-corrected chi connectivity index (χ4v) is 1.97. The molecule has 0 rings (SSSR count). The molecule has 0 bridgehead atoms. The molecule has 1 heteroatoms. The lowest BCUT2D eigenvalue weighted by atomic mass is 9.99. The highest BCUT2D eigenvalue weighted by Gasteiger charge is 2.00. The molecule has 91 valence electrons. The maximum atomic E-state index is 10.4. The summed E-state index contributed by atoms with van der Waals surface area (Å²) in [5.74, 6) is 0.655. The van der Waals surface area contributed by atoms with Crippen LogP contribution in [0.4, 0.5) is 0 Å². The fraction of sp³-hybridized carbons (Fsp3) is 1.00. The molecule has 0 heterocycles. The summed E-state index contributed by atoms with van der Waals surface area (Å²) >= 11 is 0. The SMILES string of the molecule is CCCCCCCCCCC(C)CC[O]. The summed E-state index contributed by atoms with van der Waals surface area (Å²) in [6, 6.07) is 0. The average Bonchev–Trinajstić information content (AvgIpc) is 2.22. The second kappa shape index (κ2) is 12.0. The third-order valence-corrected chi connectivity index (χ3v) is 3.16. The van der Waals surface area contributed by atoms with E-state index in [-0.39, 0.29) is 6.61 Å².